The molecule has 1 aliphatic rings. The van der Waals surface area contributed by atoms with Crippen LogP contribution in [0.3, 0.4) is 0 Å². The lowest BCUT2D eigenvalue weighted by molar-refractivity contribution is 0.0997. The number of benzene rings is 2. The van der Waals surface area contributed by atoms with Crippen LogP contribution in [0.5, 0.6) is 28.7 Å². The highest BCUT2D eigenvalue weighted by molar-refractivity contribution is 7.16. The number of ether oxygens (including phenoxy) is 5. The molecule has 8 nitrogen and oxygen atoms in total. The molecule has 164 valence electrons. The van der Waals surface area contributed by atoms with Crippen LogP contribution in [0.1, 0.15) is 23.7 Å². The van der Waals surface area contributed by atoms with Crippen molar-refractivity contribution >= 4 is 27.5 Å². The van der Waals surface area contributed by atoms with E-state index < -0.39 is 5.91 Å². The summed E-state index contributed by atoms with van der Waals surface area (Å²) in [5.74, 6) is 2.26. The van der Waals surface area contributed by atoms with Crippen LogP contribution in [0, 0.1) is 0 Å². The molecule has 0 saturated carbocycles. The Morgan fingerprint density at radius 3 is 2.26 bits per heavy atom. The van der Waals surface area contributed by atoms with E-state index in [1.807, 2.05) is 16.7 Å². The molecule has 3 aromatic rings. The second-order valence-corrected chi connectivity index (χ2v) is 7.84. The number of nitrogens with zero attached hydrogens (tertiary/aromatic N) is 2. The Kier molecular flexibility index (Phi) is 6.03. The zero-order valence-electron chi connectivity index (χ0n) is 17.9. The van der Waals surface area contributed by atoms with E-state index in [0.29, 0.717) is 52.3 Å². The minimum atomic E-state index is -0.395. The predicted molar refractivity (Wildman–Crippen MR) is 117 cm³/mol. The Morgan fingerprint density at radius 2 is 1.68 bits per heavy atom. The van der Waals surface area contributed by atoms with E-state index in [4.69, 9.17) is 23.7 Å². The highest BCUT2D eigenvalue weighted by Crippen LogP contribution is 2.38. The van der Waals surface area contributed by atoms with E-state index in [1.165, 1.54) is 32.7 Å². The minimum absolute atomic E-state index is 0.348. The fourth-order valence-corrected chi connectivity index (χ4v) is 4.55. The van der Waals surface area contributed by atoms with Crippen LogP contribution in [0.2, 0.25) is 0 Å². The molecule has 0 N–H and O–H groups in total. The summed E-state index contributed by atoms with van der Waals surface area (Å²) in [5, 5.41) is 0. The maximum atomic E-state index is 13.1. The SMILES string of the molecule is CCCn1c(=NC(=O)c2cc(OC)c(OC)c(OC)c2)sc2cc3c(cc21)OCCO3. The Bertz CT molecular complexity index is 1170. The van der Waals surface area contributed by atoms with Crippen LogP contribution < -0.4 is 28.5 Å². The molecule has 0 atom stereocenters. The molecule has 0 bridgehead atoms. The molecule has 0 fully saturated rings. The standard InChI is InChI=1S/C22H24N2O6S/c1-5-6-24-14-11-15-16(30-8-7-29-15)12-19(14)31-22(24)23-21(25)13-9-17(26-2)20(28-4)18(10-13)27-3/h9-12H,5-8H2,1-4H3. The average molecular weight is 445 g/mol. The van der Waals surface area contributed by atoms with Gasteiger partial charge >= 0.3 is 0 Å². The normalized spacial score (nSPS) is 13.4. The summed E-state index contributed by atoms with van der Waals surface area (Å²) in [5.41, 5.74) is 1.31. The highest BCUT2D eigenvalue weighted by Gasteiger charge is 2.19. The first-order chi connectivity index (χ1) is 15.1. The molecule has 31 heavy (non-hydrogen) atoms. The van der Waals surface area contributed by atoms with Crippen LogP contribution in [0.15, 0.2) is 29.3 Å². The lowest BCUT2D eigenvalue weighted by atomic mass is 10.1. The number of hydrogen-bond acceptors (Lipinski definition) is 7. The fourth-order valence-electron chi connectivity index (χ4n) is 3.49. The van der Waals surface area contributed by atoms with E-state index in [0.717, 1.165) is 23.2 Å². The first kappa shape index (κ1) is 21.0. The van der Waals surface area contributed by atoms with Gasteiger partial charge in [0.25, 0.3) is 5.91 Å². The van der Waals surface area contributed by atoms with Crippen molar-refractivity contribution in [3.05, 3.63) is 34.6 Å². The fraction of sp³-hybridized carbons (Fsp3) is 0.364. The Balaban J connectivity index is 1.83. The van der Waals surface area contributed by atoms with E-state index >= 15 is 0 Å². The third kappa shape index (κ3) is 3.93. The number of hydrogen-bond donors (Lipinski definition) is 0. The topological polar surface area (TPSA) is 80.5 Å². The molecular formula is C22H24N2O6S. The number of aryl methyl sites for hydroxylation is 1. The van der Waals surface area contributed by atoms with Crippen molar-refractivity contribution in [2.24, 2.45) is 4.99 Å². The van der Waals surface area contributed by atoms with E-state index in [2.05, 4.69) is 11.9 Å². The van der Waals surface area contributed by atoms with Gasteiger partial charge in [-0.3, -0.25) is 4.79 Å². The van der Waals surface area contributed by atoms with Gasteiger partial charge in [-0.1, -0.05) is 18.3 Å². The lowest BCUT2D eigenvalue weighted by Gasteiger charge is -2.18. The van der Waals surface area contributed by atoms with Crippen LogP contribution >= 0.6 is 11.3 Å². The third-order valence-corrected chi connectivity index (χ3v) is 5.94. The molecule has 1 aromatic heterocycles. The van der Waals surface area contributed by atoms with Gasteiger partial charge in [0.05, 0.1) is 31.5 Å². The van der Waals surface area contributed by atoms with Gasteiger partial charge in [-0.05, 0) is 18.6 Å². The molecule has 0 saturated heterocycles. The number of fused-ring (bicyclic) bond motifs is 2. The van der Waals surface area contributed by atoms with Gasteiger partial charge in [-0.15, -0.1) is 0 Å². The maximum absolute atomic E-state index is 13.1. The van der Waals surface area contributed by atoms with Crippen LogP contribution in [-0.2, 0) is 6.54 Å². The van der Waals surface area contributed by atoms with Gasteiger partial charge in [-0.2, -0.15) is 4.99 Å². The summed E-state index contributed by atoms with van der Waals surface area (Å²) in [6.07, 6.45) is 0.895. The summed E-state index contributed by atoms with van der Waals surface area (Å²) >= 11 is 1.44. The maximum Gasteiger partial charge on any atom is 0.279 e. The van der Waals surface area contributed by atoms with Crippen molar-refractivity contribution in [2.75, 3.05) is 34.5 Å². The zero-order valence-corrected chi connectivity index (χ0v) is 18.7. The quantitative estimate of drug-likeness (QED) is 0.577. The second kappa shape index (κ2) is 8.89. The number of methoxy groups -OCH3 is 3. The lowest BCUT2D eigenvalue weighted by Crippen LogP contribution is -2.17. The molecule has 1 amide bonds. The van der Waals surface area contributed by atoms with Gasteiger partial charge in [-0.25, -0.2) is 0 Å². The average Bonchev–Trinajstić information content (AvgIpc) is 3.12. The van der Waals surface area contributed by atoms with E-state index in [-0.39, 0.29) is 0 Å². The largest absolute Gasteiger partial charge is 0.493 e. The predicted octanol–water partition coefficient (Wildman–Crippen LogP) is 3.65. The Morgan fingerprint density at radius 1 is 1.03 bits per heavy atom. The van der Waals surface area contributed by atoms with Crippen LogP contribution in [0.25, 0.3) is 10.2 Å². The summed E-state index contributed by atoms with van der Waals surface area (Å²) in [6, 6.07) is 7.11. The molecule has 0 aliphatic carbocycles. The zero-order chi connectivity index (χ0) is 22.0. The van der Waals surface area contributed by atoms with Gasteiger partial charge in [0.2, 0.25) is 5.75 Å². The van der Waals surface area contributed by atoms with Gasteiger partial charge in [0.1, 0.15) is 13.2 Å². The van der Waals surface area contributed by atoms with Gasteiger partial charge in [0.15, 0.2) is 27.8 Å². The van der Waals surface area contributed by atoms with Gasteiger partial charge in [0, 0.05) is 24.2 Å². The van der Waals surface area contributed by atoms with Crippen molar-refractivity contribution in [3.8, 4) is 28.7 Å². The summed E-state index contributed by atoms with van der Waals surface area (Å²) < 4.78 is 30.5. The van der Waals surface area contributed by atoms with Crippen molar-refractivity contribution in [1.82, 2.24) is 4.57 Å². The molecular weight excluding hydrogens is 420 g/mol. The molecule has 0 spiro atoms. The monoisotopic (exact) mass is 444 g/mol. The number of aromatic nitrogens is 1. The smallest absolute Gasteiger partial charge is 0.279 e. The molecule has 9 heteroatoms. The summed E-state index contributed by atoms with van der Waals surface area (Å²) in [6.45, 7) is 3.85. The molecule has 2 aromatic carbocycles. The van der Waals surface area contributed by atoms with Crippen LogP contribution in [-0.4, -0.2) is 45.0 Å². The van der Waals surface area contributed by atoms with Crippen molar-refractivity contribution in [1.29, 1.82) is 0 Å². The van der Waals surface area contributed by atoms with E-state index in [1.54, 1.807) is 12.1 Å². The number of amides is 1. The van der Waals surface area contributed by atoms with Crippen molar-refractivity contribution in [2.45, 2.75) is 19.9 Å². The third-order valence-electron chi connectivity index (χ3n) is 4.90. The number of rotatable bonds is 6. The Labute approximate surface area is 183 Å². The minimum Gasteiger partial charge on any atom is -0.493 e. The van der Waals surface area contributed by atoms with Crippen molar-refractivity contribution in [3.63, 3.8) is 0 Å². The van der Waals surface area contributed by atoms with Crippen LogP contribution in [0.4, 0.5) is 0 Å². The summed E-state index contributed by atoms with van der Waals surface area (Å²) in [4.78, 5) is 18.1. The second-order valence-electron chi connectivity index (χ2n) is 6.83. The number of thiazole rings is 1. The molecule has 2 heterocycles. The molecule has 0 unspecified atom stereocenters. The highest BCUT2D eigenvalue weighted by atomic mass is 32.1. The Hall–Kier alpha value is -3.20. The first-order valence-corrected chi connectivity index (χ1v) is 10.7. The number of carbonyl (C=O) groups is 1. The van der Waals surface area contributed by atoms with E-state index in [9.17, 15) is 4.79 Å². The molecule has 1 aliphatic heterocycles. The molecule has 0 radical (unpaired) electrons. The molecule has 4 rings (SSSR count). The first-order valence-electron chi connectivity index (χ1n) is 9.91. The van der Waals surface area contributed by atoms with Gasteiger partial charge < -0.3 is 28.3 Å². The number of carbonyl (C=O) groups excluding carboxylic acids is 1. The summed E-state index contributed by atoms with van der Waals surface area (Å²) in [7, 11) is 4.54. The van der Waals surface area contributed by atoms with Crippen molar-refractivity contribution < 1.29 is 28.5 Å².